The summed E-state index contributed by atoms with van der Waals surface area (Å²) >= 11 is 5.95. The van der Waals surface area contributed by atoms with Crippen LogP contribution < -0.4 is 5.73 Å². The number of carbonyl (C=O) groups excluding carboxylic acids is 1. The lowest BCUT2D eigenvalue weighted by Gasteiger charge is -2.36. The molecule has 2 unspecified atom stereocenters. The number of likely N-dealkylation sites (tertiary alicyclic amines) is 1. The van der Waals surface area contributed by atoms with Crippen molar-refractivity contribution in [3.05, 3.63) is 29.0 Å². The van der Waals surface area contributed by atoms with Gasteiger partial charge in [-0.15, -0.1) is 0 Å². The molecule has 2 atom stereocenters. The van der Waals surface area contributed by atoms with Gasteiger partial charge in [-0.2, -0.15) is 0 Å². The van der Waals surface area contributed by atoms with Gasteiger partial charge in [-0.3, -0.25) is 14.7 Å². The summed E-state index contributed by atoms with van der Waals surface area (Å²) in [6.07, 6.45) is 3.59. The van der Waals surface area contributed by atoms with E-state index in [1.165, 1.54) is 0 Å². The maximum Gasteiger partial charge on any atom is 0.221 e. The van der Waals surface area contributed by atoms with Crippen molar-refractivity contribution in [1.29, 1.82) is 0 Å². The van der Waals surface area contributed by atoms with E-state index in [2.05, 4.69) is 16.8 Å². The number of rotatable bonds is 3. The van der Waals surface area contributed by atoms with Gasteiger partial charge in [-0.05, 0) is 31.9 Å². The lowest BCUT2D eigenvalue weighted by atomic mass is 9.93. The lowest BCUT2D eigenvalue weighted by molar-refractivity contribution is -0.124. The van der Waals surface area contributed by atoms with Crippen LogP contribution in [0.3, 0.4) is 0 Å². The molecule has 98 valence electrons. The Morgan fingerprint density at radius 1 is 1.61 bits per heavy atom. The van der Waals surface area contributed by atoms with Crippen molar-refractivity contribution < 1.29 is 4.79 Å². The first-order valence-corrected chi connectivity index (χ1v) is 6.58. The smallest absolute Gasteiger partial charge is 0.221 e. The summed E-state index contributed by atoms with van der Waals surface area (Å²) in [5, 5.41) is 0.691. The molecule has 1 aliphatic heterocycles. The molecule has 1 aliphatic rings. The van der Waals surface area contributed by atoms with Gasteiger partial charge < -0.3 is 5.73 Å². The highest BCUT2D eigenvalue weighted by atomic mass is 35.5. The zero-order valence-electron chi connectivity index (χ0n) is 10.5. The van der Waals surface area contributed by atoms with E-state index < -0.39 is 0 Å². The fourth-order valence-electron chi connectivity index (χ4n) is 2.38. The first kappa shape index (κ1) is 13.3. The fourth-order valence-corrected chi connectivity index (χ4v) is 2.56. The van der Waals surface area contributed by atoms with Crippen LogP contribution in [0, 0.1) is 5.92 Å². The van der Waals surface area contributed by atoms with Crippen molar-refractivity contribution in [1.82, 2.24) is 9.88 Å². The number of amides is 1. The predicted octanol–water partition coefficient (Wildman–Crippen LogP) is 1.82. The van der Waals surface area contributed by atoms with Gasteiger partial charge in [0.25, 0.3) is 0 Å². The highest BCUT2D eigenvalue weighted by Crippen LogP contribution is 2.23. The number of piperidine rings is 1. The average Bonchev–Trinajstić information content (AvgIpc) is 2.31. The average molecular weight is 268 g/mol. The second kappa shape index (κ2) is 5.67. The minimum atomic E-state index is -0.203. The molecule has 2 rings (SSSR count). The quantitative estimate of drug-likeness (QED) is 0.909. The molecule has 1 aromatic heterocycles. The summed E-state index contributed by atoms with van der Waals surface area (Å²) in [5.41, 5.74) is 6.32. The Balaban J connectivity index is 2.04. The SMILES string of the molecule is CC1CCC(C(N)=O)CN1Cc1cc(Cl)ccn1. The van der Waals surface area contributed by atoms with E-state index >= 15 is 0 Å². The number of aromatic nitrogens is 1. The van der Waals surface area contributed by atoms with E-state index in [9.17, 15) is 4.79 Å². The van der Waals surface area contributed by atoms with Crippen LogP contribution in [0.1, 0.15) is 25.5 Å². The Hall–Kier alpha value is -1.13. The summed E-state index contributed by atoms with van der Waals surface area (Å²) in [7, 11) is 0. The molecule has 2 heterocycles. The van der Waals surface area contributed by atoms with E-state index in [0.29, 0.717) is 24.2 Å². The molecule has 18 heavy (non-hydrogen) atoms. The molecule has 1 fully saturated rings. The van der Waals surface area contributed by atoms with Crippen LogP contribution in [-0.4, -0.2) is 28.4 Å². The third-order valence-corrected chi connectivity index (χ3v) is 3.79. The van der Waals surface area contributed by atoms with Gasteiger partial charge in [0.05, 0.1) is 11.6 Å². The molecular weight excluding hydrogens is 250 g/mol. The zero-order chi connectivity index (χ0) is 13.1. The van der Waals surface area contributed by atoms with Crippen molar-refractivity contribution in [3.63, 3.8) is 0 Å². The van der Waals surface area contributed by atoms with Crippen molar-refractivity contribution >= 4 is 17.5 Å². The molecule has 0 aromatic carbocycles. The molecule has 0 aliphatic carbocycles. The maximum atomic E-state index is 11.3. The van der Waals surface area contributed by atoms with Crippen LogP contribution >= 0.6 is 11.6 Å². The van der Waals surface area contributed by atoms with Crippen LogP contribution in [0.15, 0.2) is 18.3 Å². The number of pyridine rings is 1. The van der Waals surface area contributed by atoms with Crippen molar-refractivity contribution in [2.45, 2.75) is 32.4 Å². The number of carbonyl (C=O) groups is 1. The number of hydrogen-bond acceptors (Lipinski definition) is 3. The first-order valence-electron chi connectivity index (χ1n) is 6.20. The highest BCUT2D eigenvalue weighted by Gasteiger charge is 2.28. The second-order valence-electron chi connectivity index (χ2n) is 4.92. The van der Waals surface area contributed by atoms with Gasteiger partial charge in [-0.1, -0.05) is 11.6 Å². The Kier molecular flexibility index (Phi) is 4.19. The van der Waals surface area contributed by atoms with Gasteiger partial charge in [0.2, 0.25) is 5.91 Å². The Labute approximate surface area is 112 Å². The third-order valence-electron chi connectivity index (χ3n) is 3.56. The minimum absolute atomic E-state index is 0.0413. The normalized spacial score (nSPS) is 25.0. The van der Waals surface area contributed by atoms with Crippen LogP contribution in [0.2, 0.25) is 5.02 Å². The molecular formula is C13H18ClN3O. The molecule has 4 nitrogen and oxygen atoms in total. The molecule has 0 bridgehead atoms. The van der Waals surface area contributed by atoms with Gasteiger partial charge in [0, 0.05) is 30.4 Å². The highest BCUT2D eigenvalue weighted by molar-refractivity contribution is 6.30. The molecule has 2 N–H and O–H groups in total. The number of nitrogens with two attached hydrogens (primary N) is 1. The third kappa shape index (κ3) is 3.21. The molecule has 1 saturated heterocycles. The van der Waals surface area contributed by atoms with E-state index in [1.54, 1.807) is 12.3 Å². The molecule has 0 spiro atoms. The van der Waals surface area contributed by atoms with E-state index in [1.807, 2.05) is 6.07 Å². The topological polar surface area (TPSA) is 59.2 Å². The van der Waals surface area contributed by atoms with Crippen molar-refractivity contribution in [3.8, 4) is 0 Å². The largest absolute Gasteiger partial charge is 0.369 e. The predicted molar refractivity (Wildman–Crippen MR) is 71.0 cm³/mol. The fraction of sp³-hybridized carbons (Fsp3) is 0.538. The lowest BCUT2D eigenvalue weighted by Crippen LogP contribution is -2.45. The van der Waals surface area contributed by atoms with Gasteiger partial charge in [-0.25, -0.2) is 0 Å². The first-order chi connectivity index (χ1) is 8.56. The maximum absolute atomic E-state index is 11.3. The standard InChI is InChI=1S/C13H18ClN3O/c1-9-2-3-10(13(15)18)7-17(9)8-12-6-11(14)4-5-16-12/h4-6,9-10H,2-3,7-8H2,1H3,(H2,15,18). The molecule has 1 aromatic rings. The Morgan fingerprint density at radius 2 is 2.39 bits per heavy atom. The van der Waals surface area contributed by atoms with Crippen molar-refractivity contribution in [2.75, 3.05) is 6.54 Å². The summed E-state index contributed by atoms with van der Waals surface area (Å²) in [6, 6.07) is 4.07. The van der Waals surface area contributed by atoms with E-state index in [4.69, 9.17) is 17.3 Å². The Bertz CT molecular complexity index is 438. The van der Waals surface area contributed by atoms with Gasteiger partial charge >= 0.3 is 0 Å². The minimum Gasteiger partial charge on any atom is -0.369 e. The van der Waals surface area contributed by atoms with Crippen LogP contribution in [0.5, 0.6) is 0 Å². The summed E-state index contributed by atoms with van der Waals surface area (Å²) in [4.78, 5) is 17.8. The molecule has 1 amide bonds. The second-order valence-corrected chi connectivity index (χ2v) is 5.36. The van der Waals surface area contributed by atoms with Crippen LogP contribution in [0.4, 0.5) is 0 Å². The number of halogens is 1. The van der Waals surface area contributed by atoms with Gasteiger partial charge in [0.15, 0.2) is 0 Å². The van der Waals surface area contributed by atoms with E-state index in [0.717, 1.165) is 18.5 Å². The van der Waals surface area contributed by atoms with Gasteiger partial charge in [0.1, 0.15) is 0 Å². The Morgan fingerprint density at radius 3 is 3.06 bits per heavy atom. The number of primary amides is 1. The summed E-state index contributed by atoms with van der Waals surface area (Å²) < 4.78 is 0. The van der Waals surface area contributed by atoms with Crippen molar-refractivity contribution in [2.24, 2.45) is 11.7 Å². The number of nitrogens with zero attached hydrogens (tertiary/aromatic N) is 2. The summed E-state index contributed by atoms with van der Waals surface area (Å²) in [5.74, 6) is -0.244. The molecule has 5 heteroatoms. The molecule has 0 radical (unpaired) electrons. The van der Waals surface area contributed by atoms with Crippen LogP contribution in [0.25, 0.3) is 0 Å². The summed E-state index contributed by atoms with van der Waals surface area (Å²) in [6.45, 7) is 3.60. The monoisotopic (exact) mass is 267 g/mol. The zero-order valence-corrected chi connectivity index (χ0v) is 11.2. The molecule has 0 saturated carbocycles. The van der Waals surface area contributed by atoms with Crippen LogP contribution in [-0.2, 0) is 11.3 Å². The number of hydrogen-bond donors (Lipinski definition) is 1. The van der Waals surface area contributed by atoms with E-state index in [-0.39, 0.29) is 11.8 Å².